The van der Waals surface area contributed by atoms with Crippen molar-refractivity contribution in [2.24, 2.45) is 13.0 Å². The minimum Gasteiger partial charge on any atom is -0.406 e. The van der Waals surface area contributed by atoms with Gasteiger partial charge in [-0.2, -0.15) is 4.80 Å². The van der Waals surface area contributed by atoms with Gasteiger partial charge in [0.25, 0.3) is 5.95 Å². The molecule has 1 aliphatic rings. The smallest absolute Gasteiger partial charge is 0.406 e. The van der Waals surface area contributed by atoms with E-state index in [-0.39, 0.29) is 12.3 Å². The van der Waals surface area contributed by atoms with E-state index in [1.54, 1.807) is 31.3 Å². The Labute approximate surface area is 230 Å². The molecule has 0 bridgehead atoms. The van der Waals surface area contributed by atoms with Crippen molar-refractivity contribution in [3.8, 4) is 5.75 Å². The number of aryl methyl sites for hydroxylation is 1. The molecule has 0 saturated heterocycles. The van der Waals surface area contributed by atoms with Crippen molar-refractivity contribution in [1.29, 1.82) is 0 Å². The van der Waals surface area contributed by atoms with Gasteiger partial charge in [-0.25, -0.2) is 0 Å². The monoisotopic (exact) mass is 570 g/mol. The first-order chi connectivity index (χ1) is 18.1. The molecule has 1 aromatic heterocycles. The molecular weight excluding hydrogens is 540 g/mol. The molecule has 1 saturated carbocycles. The van der Waals surface area contributed by atoms with Gasteiger partial charge >= 0.3 is 6.36 Å². The first-order valence-corrected chi connectivity index (χ1v) is 13.4. The number of benzene rings is 2. The third-order valence-corrected chi connectivity index (χ3v) is 7.08. The quantitative estimate of drug-likeness (QED) is 0.261. The molecule has 0 aliphatic heterocycles. The van der Waals surface area contributed by atoms with Crippen molar-refractivity contribution >= 4 is 34.8 Å². The van der Waals surface area contributed by atoms with E-state index in [4.69, 9.17) is 23.2 Å². The Balaban J connectivity index is 1.70. The number of hydrogen-bond donors (Lipinski definition) is 0. The maximum Gasteiger partial charge on any atom is 0.573 e. The van der Waals surface area contributed by atoms with Crippen LogP contribution >= 0.6 is 23.2 Å². The fourth-order valence-electron chi connectivity index (χ4n) is 5.00. The van der Waals surface area contributed by atoms with Crippen LogP contribution in [0.5, 0.6) is 5.75 Å². The fourth-order valence-corrected chi connectivity index (χ4v) is 5.57. The Kier molecular flexibility index (Phi) is 9.25. The second-order valence-electron chi connectivity index (χ2n) is 9.59. The second-order valence-corrected chi connectivity index (χ2v) is 10.5. The van der Waals surface area contributed by atoms with Crippen LogP contribution < -0.4 is 14.5 Å². The predicted octanol–water partition coefficient (Wildman–Crippen LogP) is 7.03. The maximum absolute atomic E-state index is 13.1. The zero-order valence-corrected chi connectivity index (χ0v) is 22.9. The number of anilines is 2. The van der Waals surface area contributed by atoms with E-state index in [1.165, 1.54) is 36.2 Å². The molecule has 0 radical (unpaired) electrons. The van der Waals surface area contributed by atoms with Crippen molar-refractivity contribution in [3.05, 3.63) is 57.6 Å². The first kappa shape index (κ1) is 28.3. The van der Waals surface area contributed by atoms with Gasteiger partial charge in [-0.1, -0.05) is 47.6 Å². The highest BCUT2D eigenvalue weighted by Gasteiger charge is 2.32. The summed E-state index contributed by atoms with van der Waals surface area (Å²) in [7, 11) is 1.65. The standard InChI is InChI=1S/C26H31Cl2F3N6O/c1-3-36(15-18-7-5-4-6-8-18)24-10-9-23(38-26(29,30)31)13-20(24)17-37(25-32-34-35(2)33-25)16-19-11-21(27)14-22(28)12-19/h9-14,18H,3-8,15-17H2,1-2H3. The van der Waals surface area contributed by atoms with E-state index in [1.807, 2.05) is 4.90 Å². The Bertz CT molecular complexity index is 1200. The molecule has 12 heteroatoms. The highest BCUT2D eigenvalue weighted by molar-refractivity contribution is 6.34. The molecule has 4 rings (SSSR count). The van der Waals surface area contributed by atoms with Crippen molar-refractivity contribution in [2.45, 2.75) is 58.5 Å². The SMILES string of the molecule is CCN(CC1CCCCC1)c1ccc(OC(F)(F)F)cc1CN(Cc1cc(Cl)cc(Cl)c1)c1nnn(C)n1. The highest BCUT2D eigenvalue weighted by atomic mass is 35.5. The lowest BCUT2D eigenvalue weighted by Gasteiger charge is -2.33. The average Bonchev–Trinajstić information content (AvgIpc) is 3.28. The Morgan fingerprint density at radius 3 is 2.32 bits per heavy atom. The normalized spacial score (nSPS) is 14.5. The summed E-state index contributed by atoms with van der Waals surface area (Å²) in [6.45, 7) is 4.14. The molecule has 1 heterocycles. The first-order valence-electron chi connectivity index (χ1n) is 12.7. The topological polar surface area (TPSA) is 59.3 Å². The van der Waals surface area contributed by atoms with Gasteiger partial charge in [0.15, 0.2) is 0 Å². The summed E-state index contributed by atoms with van der Waals surface area (Å²) in [6, 6.07) is 9.72. The molecule has 38 heavy (non-hydrogen) atoms. The van der Waals surface area contributed by atoms with E-state index in [0.717, 1.165) is 37.2 Å². The second kappa shape index (κ2) is 12.4. The summed E-state index contributed by atoms with van der Waals surface area (Å²) >= 11 is 12.4. The largest absolute Gasteiger partial charge is 0.573 e. The molecular formula is C26H31Cl2F3N6O. The van der Waals surface area contributed by atoms with E-state index in [0.29, 0.717) is 34.0 Å². The summed E-state index contributed by atoms with van der Waals surface area (Å²) in [5.74, 6) is 0.601. The van der Waals surface area contributed by atoms with Crippen LogP contribution in [-0.2, 0) is 20.1 Å². The minimum atomic E-state index is -4.80. The van der Waals surface area contributed by atoms with Gasteiger partial charge in [0.05, 0.1) is 7.05 Å². The van der Waals surface area contributed by atoms with Crippen LogP contribution in [0.2, 0.25) is 10.0 Å². The van der Waals surface area contributed by atoms with Gasteiger partial charge < -0.3 is 14.5 Å². The zero-order valence-electron chi connectivity index (χ0n) is 21.4. The molecule has 1 fully saturated rings. The van der Waals surface area contributed by atoms with Crippen molar-refractivity contribution in [3.63, 3.8) is 0 Å². The lowest BCUT2D eigenvalue weighted by Crippen LogP contribution is -2.32. The van der Waals surface area contributed by atoms with Gasteiger partial charge in [0.1, 0.15) is 5.75 Å². The van der Waals surface area contributed by atoms with E-state index >= 15 is 0 Å². The molecule has 0 atom stereocenters. The van der Waals surface area contributed by atoms with Crippen LogP contribution in [-0.4, -0.2) is 39.7 Å². The number of alkyl halides is 3. The summed E-state index contributed by atoms with van der Waals surface area (Å²) < 4.78 is 43.6. The van der Waals surface area contributed by atoms with Crippen LogP contribution in [0.3, 0.4) is 0 Å². The third kappa shape index (κ3) is 7.89. The third-order valence-electron chi connectivity index (χ3n) is 6.65. The lowest BCUT2D eigenvalue weighted by molar-refractivity contribution is -0.274. The molecule has 0 spiro atoms. The Morgan fingerprint density at radius 2 is 1.71 bits per heavy atom. The molecule has 0 unspecified atom stereocenters. The van der Waals surface area contributed by atoms with Crippen molar-refractivity contribution in [1.82, 2.24) is 20.2 Å². The fraction of sp³-hybridized carbons (Fsp3) is 0.500. The van der Waals surface area contributed by atoms with Gasteiger partial charge in [-0.3, -0.25) is 0 Å². The number of rotatable bonds is 10. The summed E-state index contributed by atoms with van der Waals surface area (Å²) in [5.41, 5.74) is 2.31. The highest BCUT2D eigenvalue weighted by Crippen LogP contribution is 2.33. The van der Waals surface area contributed by atoms with Crippen LogP contribution in [0.25, 0.3) is 0 Å². The molecule has 0 N–H and O–H groups in total. The van der Waals surface area contributed by atoms with Crippen LogP contribution in [0.15, 0.2) is 36.4 Å². The van der Waals surface area contributed by atoms with Crippen molar-refractivity contribution < 1.29 is 17.9 Å². The van der Waals surface area contributed by atoms with Gasteiger partial charge in [0, 0.05) is 41.9 Å². The average molecular weight is 571 g/mol. The Hall–Kier alpha value is -2.72. The van der Waals surface area contributed by atoms with E-state index < -0.39 is 6.36 Å². The predicted molar refractivity (Wildman–Crippen MR) is 143 cm³/mol. The number of hydrogen-bond acceptors (Lipinski definition) is 6. The number of aromatic nitrogens is 4. The van der Waals surface area contributed by atoms with Crippen LogP contribution in [0.1, 0.15) is 50.2 Å². The van der Waals surface area contributed by atoms with Crippen LogP contribution in [0.4, 0.5) is 24.8 Å². The number of halogens is 5. The summed E-state index contributed by atoms with van der Waals surface area (Å²) in [5, 5.41) is 13.4. The lowest BCUT2D eigenvalue weighted by atomic mass is 9.88. The number of nitrogens with zero attached hydrogens (tertiary/aromatic N) is 6. The molecule has 206 valence electrons. The molecule has 7 nitrogen and oxygen atoms in total. The maximum atomic E-state index is 13.1. The van der Waals surface area contributed by atoms with E-state index in [9.17, 15) is 13.2 Å². The number of tetrazole rings is 1. The van der Waals surface area contributed by atoms with Gasteiger partial charge in [-0.05, 0) is 78.4 Å². The number of ether oxygens (including phenoxy) is 1. The molecule has 3 aromatic rings. The van der Waals surface area contributed by atoms with Crippen molar-refractivity contribution in [2.75, 3.05) is 22.9 Å². The van der Waals surface area contributed by atoms with E-state index in [2.05, 4.69) is 32.0 Å². The Morgan fingerprint density at radius 1 is 1.00 bits per heavy atom. The van der Waals surface area contributed by atoms with Crippen LogP contribution in [0, 0.1) is 5.92 Å². The molecule has 2 aromatic carbocycles. The summed E-state index contributed by atoms with van der Waals surface area (Å²) in [4.78, 5) is 5.40. The van der Waals surface area contributed by atoms with Gasteiger partial charge in [-0.15, -0.1) is 18.3 Å². The molecule has 1 aliphatic carbocycles. The van der Waals surface area contributed by atoms with Gasteiger partial charge in [0.2, 0.25) is 0 Å². The zero-order chi connectivity index (χ0) is 27.3. The summed E-state index contributed by atoms with van der Waals surface area (Å²) in [6.07, 6.45) is 1.20. The molecule has 0 amide bonds. The minimum absolute atomic E-state index is 0.210.